The monoisotopic (exact) mass is 769 g/mol. The van der Waals surface area contributed by atoms with Crippen molar-refractivity contribution in [2.24, 2.45) is 45.3 Å². The van der Waals surface area contributed by atoms with Gasteiger partial charge in [0.05, 0.1) is 16.5 Å². The SMILES string of the molecule is C.ClCCl.[2H]C([2H])([2H])C(CCCC1(C2CCC3C(=O)CCC[C@@]32C)CC1)(O[Si](C)(C)C)C([2H])([2H])[2H].[2H]C([2H])([2H])C(O)(CCCC1(C2CCC3C(=O)CCC[C@@]32C)CC1)C([2H])([2H])[2H]. The molecule has 50 heavy (non-hydrogen) atoms. The zero-order chi connectivity index (χ0) is 46.5. The number of alkyl halides is 2. The Morgan fingerprint density at radius 3 is 1.54 bits per heavy atom. The highest BCUT2D eigenvalue weighted by atomic mass is 35.5. The Labute approximate surface area is 336 Å². The largest absolute Gasteiger partial charge is 0.413 e. The molecule has 1 N–H and O–H groups in total. The minimum absolute atomic E-state index is 0. The maximum Gasteiger partial charge on any atom is 0.184 e. The number of hydrogen-bond donors (Lipinski definition) is 1. The highest BCUT2D eigenvalue weighted by molar-refractivity contribution is 6.69. The van der Waals surface area contributed by atoms with E-state index >= 15 is 0 Å². The molecule has 0 aliphatic heterocycles. The fraction of sp³-hybridized carbons (Fsp3) is 0.953. The molecule has 7 heteroatoms. The van der Waals surface area contributed by atoms with E-state index in [4.69, 9.17) is 44.1 Å². The van der Waals surface area contributed by atoms with Gasteiger partial charge >= 0.3 is 0 Å². The molecule has 6 atom stereocenters. The maximum atomic E-state index is 12.5. The Balaban J connectivity index is 0.000000308. The summed E-state index contributed by atoms with van der Waals surface area (Å²) in [6.07, 6.45) is 16.2. The minimum Gasteiger partial charge on any atom is -0.413 e. The first-order valence-electron chi connectivity index (χ1n) is 25.3. The number of carbonyl (C=O) groups is 2. The summed E-state index contributed by atoms with van der Waals surface area (Å²) in [4.78, 5) is 24.9. The summed E-state index contributed by atoms with van der Waals surface area (Å²) >= 11 is 9.53. The van der Waals surface area contributed by atoms with E-state index in [0.29, 0.717) is 49.1 Å². The number of aliphatic hydroxyl groups is 1. The molecule has 6 fully saturated rings. The van der Waals surface area contributed by atoms with Crippen LogP contribution in [0.3, 0.4) is 0 Å². The Morgan fingerprint density at radius 1 is 0.760 bits per heavy atom. The van der Waals surface area contributed by atoms with E-state index in [1.54, 1.807) is 0 Å². The number of carbonyl (C=O) groups excluding carboxylic acids is 2. The lowest BCUT2D eigenvalue weighted by molar-refractivity contribution is -0.131. The van der Waals surface area contributed by atoms with Crippen LogP contribution in [0.15, 0.2) is 0 Å². The van der Waals surface area contributed by atoms with E-state index in [-0.39, 0.29) is 59.1 Å². The molecule has 6 aliphatic rings. The summed E-state index contributed by atoms with van der Waals surface area (Å²) in [5, 5.41) is 10.7. The van der Waals surface area contributed by atoms with Crippen LogP contribution in [0.25, 0.3) is 0 Å². The van der Waals surface area contributed by atoms with Crippen LogP contribution in [0.1, 0.15) is 194 Å². The van der Waals surface area contributed by atoms with Gasteiger partial charge in [-0.25, -0.2) is 0 Å². The molecule has 0 amide bonds. The second-order valence-electron chi connectivity index (χ2n) is 18.5. The zero-order valence-corrected chi connectivity index (χ0v) is 33.6. The quantitative estimate of drug-likeness (QED) is 0.159. The number of Topliss-reactive ketones (excluding diaryl/α,β-unsaturated/α-hetero) is 2. The van der Waals surface area contributed by atoms with Crippen LogP contribution in [-0.2, 0) is 14.0 Å². The van der Waals surface area contributed by atoms with Crippen LogP contribution in [0.2, 0.25) is 19.6 Å². The predicted molar refractivity (Wildman–Crippen MR) is 216 cm³/mol. The van der Waals surface area contributed by atoms with Crippen LogP contribution in [0.5, 0.6) is 0 Å². The molecule has 0 radical (unpaired) electrons. The number of rotatable bonds is 12. The standard InChI is InChI=1S/C22H40O2Si.C19H32O2.CH2Cl2.CH4/c1-20(2,24-25(4,5)6)12-8-14-22(15-16-22)19-11-10-17-18(23)9-7-13-21(17,19)3;1-17(2,21)9-5-11-19(12-13-19)16-8-7-14-15(20)6-4-10-18(14,16)3;2-1-3;/h17,19H,7-16H2,1-6H3;14,16,21H,4-13H2,1-3H3;1H2;1H4/t17?,19?,21-;14?,16?,18-;;/m00../s1/i2*1D3,2D3;;. The molecule has 0 aromatic carbocycles. The molecule has 0 aromatic heterocycles. The van der Waals surface area contributed by atoms with Gasteiger partial charge in [-0.2, -0.15) is 0 Å². The van der Waals surface area contributed by atoms with Crippen LogP contribution >= 0.6 is 23.2 Å². The molecule has 6 rings (SSSR count). The van der Waals surface area contributed by atoms with E-state index in [0.717, 1.165) is 89.9 Å². The van der Waals surface area contributed by atoms with Crippen LogP contribution in [0.4, 0.5) is 0 Å². The van der Waals surface area contributed by atoms with Crippen molar-refractivity contribution < 1.29 is 35.6 Å². The van der Waals surface area contributed by atoms with Crippen molar-refractivity contribution in [3.63, 3.8) is 0 Å². The lowest BCUT2D eigenvalue weighted by Crippen LogP contribution is -2.40. The zero-order valence-electron chi connectivity index (χ0n) is 43.1. The van der Waals surface area contributed by atoms with Crippen LogP contribution in [-0.4, -0.2) is 41.5 Å². The lowest BCUT2D eigenvalue weighted by atomic mass is 9.60. The first-order valence-corrected chi connectivity index (χ1v) is 23.7. The average Bonchev–Trinajstić information content (AvgIpc) is 3.98. The summed E-state index contributed by atoms with van der Waals surface area (Å²) < 4.78 is 99.7. The predicted octanol–water partition coefficient (Wildman–Crippen LogP) is 12.9. The van der Waals surface area contributed by atoms with Gasteiger partial charge < -0.3 is 9.53 Å². The van der Waals surface area contributed by atoms with E-state index in [2.05, 4.69) is 13.8 Å². The third-order valence-electron chi connectivity index (χ3n) is 13.9. The molecule has 292 valence electrons. The second-order valence-corrected chi connectivity index (χ2v) is 23.7. The molecular formula is C43H78Cl2O4Si. The van der Waals surface area contributed by atoms with Crippen molar-refractivity contribution in [2.75, 3.05) is 5.34 Å². The van der Waals surface area contributed by atoms with Crippen LogP contribution in [0, 0.1) is 45.3 Å². The van der Waals surface area contributed by atoms with E-state index < -0.39 is 46.9 Å². The van der Waals surface area contributed by atoms with Gasteiger partial charge in [0.2, 0.25) is 0 Å². The third-order valence-corrected chi connectivity index (χ3v) is 14.8. The van der Waals surface area contributed by atoms with Gasteiger partial charge in [-0.3, -0.25) is 9.59 Å². The van der Waals surface area contributed by atoms with Crippen molar-refractivity contribution in [2.45, 2.75) is 208 Å². The summed E-state index contributed by atoms with van der Waals surface area (Å²) in [6, 6.07) is 0. The minimum atomic E-state index is -2.94. The second kappa shape index (κ2) is 16.8. The third kappa shape index (κ3) is 10.6. The number of halogens is 2. The summed E-state index contributed by atoms with van der Waals surface area (Å²) in [6.45, 7) is -1.19. The molecule has 4 nitrogen and oxygen atoms in total. The van der Waals surface area contributed by atoms with Gasteiger partial charge in [0, 0.05) is 41.1 Å². The maximum absolute atomic E-state index is 12.5. The van der Waals surface area contributed by atoms with Crippen LogP contribution < -0.4 is 0 Å². The summed E-state index contributed by atoms with van der Waals surface area (Å²) in [5.74, 6) is 2.12. The van der Waals surface area contributed by atoms with Crippen molar-refractivity contribution in [1.29, 1.82) is 0 Å². The molecule has 0 heterocycles. The Bertz CT molecular complexity index is 1510. The number of hydrogen-bond acceptors (Lipinski definition) is 4. The fourth-order valence-electron chi connectivity index (χ4n) is 11.7. The first-order chi connectivity index (χ1) is 27.7. The first kappa shape index (κ1) is 29.4. The van der Waals surface area contributed by atoms with E-state index in [9.17, 15) is 14.7 Å². The van der Waals surface area contributed by atoms with Gasteiger partial charge in [-0.05, 0) is 183 Å². The molecule has 0 saturated heterocycles. The topological polar surface area (TPSA) is 63.6 Å². The van der Waals surface area contributed by atoms with E-state index in [1.807, 2.05) is 19.6 Å². The molecule has 0 spiro atoms. The molecule has 6 aliphatic carbocycles. The number of fused-ring (bicyclic) bond motifs is 2. The normalized spacial score (nSPS) is 38.5. The molecule has 4 unspecified atom stereocenters. The highest BCUT2D eigenvalue weighted by Crippen LogP contribution is 2.70. The van der Waals surface area contributed by atoms with Gasteiger partial charge in [0.15, 0.2) is 8.32 Å². The van der Waals surface area contributed by atoms with Gasteiger partial charge in [0.1, 0.15) is 11.6 Å². The molecule has 6 saturated carbocycles. The molecule has 0 aromatic rings. The Hall–Kier alpha value is 0.0569. The molecular weight excluding hydrogens is 679 g/mol. The fourth-order valence-corrected chi connectivity index (χ4v) is 12.8. The van der Waals surface area contributed by atoms with Crippen molar-refractivity contribution in [3.8, 4) is 0 Å². The lowest BCUT2D eigenvalue weighted by Gasteiger charge is -2.43. The van der Waals surface area contributed by atoms with Gasteiger partial charge in [0.25, 0.3) is 0 Å². The number of ketones is 2. The summed E-state index contributed by atoms with van der Waals surface area (Å²) in [5.41, 5.74) is -4.41. The summed E-state index contributed by atoms with van der Waals surface area (Å²) in [7, 11) is -2.42. The van der Waals surface area contributed by atoms with Gasteiger partial charge in [-0.1, -0.05) is 34.1 Å². The molecule has 0 bridgehead atoms. The Morgan fingerprint density at radius 2 is 1.18 bits per heavy atom. The van der Waals surface area contributed by atoms with Crippen molar-refractivity contribution in [1.82, 2.24) is 0 Å². The average molecular weight is 770 g/mol. The highest BCUT2D eigenvalue weighted by Gasteiger charge is 2.62. The van der Waals surface area contributed by atoms with Crippen molar-refractivity contribution >= 4 is 43.1 Å². The smallest absolute Gasteiger partial charge is 0.184 e. The van der Waals surface area contributed by atoms with E-state index in [1.165, 1.54) is 0 Å². The van der Waals surface area contributed by atoms with Crippen molar-refractivity contribution in [3.05, 3.63) is 0 Å². The Kier molecular flexibility index (Phi) is 9.88. The van der Waals surface area contributed by atoms with Gasteiger partial charge in [-0.15, -0.1) is 23.2 Å².